The van der Waals surface area contributed by atoms with Crippen molar-refractivity contribution >= 4 is 21.6 Å². The predicted molar refractivity (Wildman–Crippen MR) is 73.8 cm³/mol. The number of primary amides is 1. The van der Waals surface area contributed by atoms with E-state index >= 15 is 0 Å². The summed E-state index contributed by atoms with van der Waals surface area (Å²) in [5.41, 5.74) is 10.8. The van der Waals surface area contributed by atoms with Gasteiger partial charge in [0.1, 0.15) is 10.7 Å². The molecule has 0 atom stereocenters. The van der Waals surface area contributed by atoms with Crippen LogP contribution in [0.25, 0.3) is 0 Å². The van der Waals surface area contributed by atoms with Crippen LogP contribution in [0.15, 0.2) is 17.0 Å². The zero-order valence-electron chi connectivity index (χ0n) is 11.6. The van der Waals surface area contributed by atoms with Gasteiger partial charge in [0, 0.05) is 11.7 Å². The van der Waals surface area contributed by atoms with Crippen molar-refractivity contribution in [2.75, 3.05) is 12.3 Å². The van der Waals surface area contributed by atoms with Crippen LogP contribution in [-0.2, 0) is 14.8 Å². The summed E-state index contributed by atoms with van der Waals surface area (Å²) in [6, 6.07) is 1.82. The van der Waals surface area contributed by atoms with Crippen LogP contribution in [0.1, 0.15) is 19.4 Å². The van der Waals surface area contributed by atoms with Crippen molar-refractivity contribution in [2.45, 2.75) is 31.7 Å². The largest absolute Gasteiger partial charge is 0.399 e. The van der Waals surface area contributed by atoms with E-state index in [-0.39, 0.29) is 11.3 Å². The summed E-state index contributed by atoms with van der Waals surface area (Å²) in [4.78, 5) is 10.5. The van der Waals surface area contributed by atoms with Crippen LogP contribution in [-0.4, -0.2) is 31.2 Å². The van der Waals surface area contributed by atoms with Gasteiger partial charge in [-0.05, 0) is 38.5 Å². The highest BCUT2D eigenvalue weighted by Crippen LogP contribution is 2.25. The summed E-state index contributed by atoms with van der Waals surface area (Å²) in [7, 11) is -4.19. The minimum Gasteiger partial charge on any atom is -0.399 e. The fourth-order valence-corrected chi connectivity index (χ4v) is 3.55. The first-order valence-electron chi connectivity index (χ1n) is 5.93. The molecule has 1 aromatic rings. The Kier molecular flexibility index (Phi) is 4.72. The summed E-state index contributed by atoms with van der Waals surface area (Å²) < 4.78 is 39.8. The molecule has 1 rings (SSSR count). The van der Waals surface area contributed by atoms with Crippen LogP contribution < -0.4 is 11.5 Å². The van der Waals surface area contributed by atoms with Crippen LogP contribution in [0.3, 0.4) is 0 Å². The lowest BCUT2D eigenvalue weighted by Gasteiger charge is -2.25. The number of benzene rings is 1. The van der Waals surface area contributed by atoms with E-state index in [0.717, 1.165) is 10.4 Å². The number of carbonyl (C=O) groups excluding carboxylic acids is 1. The monoisotopic (exact) mass is 303 g/mol. The molecule has 0 aliphatic rings. The smallest absolute Gasteiger partial charge is 0.246 e. The zero-order valence-corrected chi connectivity index (χ0v) is 12.4. The number of rotatable bonds is 5. The van der Waals surface area contributed by atoms with E-state index in [0.29, 0.717) is 0 Å². The summed E-state index contributed by atoms with van der Waals surface area (Å²) in [5, 5.41) is 0. The normalized spacial score (nSPS) is 12.1. The van der Waals surface area contributed by atoms with Crippen molar-refractivity contribution in [3.8, 4) is 0 Å². The zero-order chi connectivity index (χ0) is 15.7. The number of hydrogen-bond donors (Lipinski definition) is 2. The number of sulfonamides is 1. The number of hydrogen-bond acceptors (Lipinski definition) is 4. The molecule has 112 valence electrons. The highest BCUT2D eigenvalue weighted by molar-refractivity contribution is 7.89. The molecular weight excluding hydrogens is 285 g/mol. The number of nitrogen functional groups attached to an aromatic ring is 1. The Morgan fingerprint density at radius 1 is 1.40 bits per heavy atom. The topological polar surface area (TPSA) is 106 Å². The van der Waals surface area contributed by atoms with E-state index in [2.05, 4.69) is 0 Å². The highest BCUT2D eigenvalue weighted by Gasteiger charge is 2.31. The van der Waals surface area contributed by atoms with Crippen molar-refractivity contribution in [2.24, 2.45) is 5.73 Å². The molecule has 0 fully saturated rings. The maximum atomic E-state index is 14.1. The third-order valence-corrected chi connectivity index (χ3v) is 4.74. The van der Waals surface area contributed by atoms with E-state index in [1.54, 1.807) is 13.8 Å². The van der Waals surface area contributed by atoms with Crippen LogP contribution in [0.4, 0.5) is 10.1 Å². The Hall–Kier alpha value is -1.67. The fraction of sp³-hybridized carbons (Fsp3) is 0.417. The van der Waals surface area contributed by atoms with Crippen molar-refractivity contribution in [1.29, 1.82) is 0 Å². The molecule has 20 heavy (non-hydrogen) atoms. The second kappa shape index (κ2) is 5.76. The second-order valence-electron chi connectivity index (χ2n) is 4.76. The molecule has 0 aliphatic heterocycles. The van der Waals surface area contributed by atoms with E-state index in [1.165, 1.54) is 13.0 Å². The van der Waals surface area contributed by atoms with Crippen LogP contribution in [0.2, 0.25) is 0 Å². The average Bonchev–Trinajstić information content (AvgIpc) is 2.29. The fourth-order valence-electron chi connectivity index (χ4n) is 1.78. The molecule has 0 saturated carbocycles. The van der Waals surface area contributed by atoms with Crippen molar-refractivity contribution < 1.29 is 17.6 Å². The number of nitrogens with zero attached hydrogens (tertiary/aromatic N) is 1. The first-order valence-corrected chi connectivity index (χ1v) is 7.37. The molecule has 4 N–H and O–H groups in total. The third kappa shape index (κ3) is 3.26. The molecule has 0 spiro atoms. The molecule has 8 heteroatoms. The van der Waals surface area contributed by atoms with E-state index in [4.69, 9.17) is 11.5 Å². The number of anilines is 1. The highest BCUT2D eigenvalue weighted by atomic mass is 32.2. The molecule has 0 heterocycles. The average molecular weight is 303 g/mol. The van der Waals surface area contributed by atoms with Gasteiger partial charge >= 0.3 is 0 Å². The Morgan fingerprint density at radius 2 is 1.95 bits per heavy atom. The summed E-state index contributed by atoms with van der Waals surface area (Å²) >= 11 is 0. The molecule has 0 radical (unpaired) electrons. The lowest BCUT2D eigenvalue weighted by molar-refractivity contribution is -0.118. The lowest BCUT2D eigenvalue weighted by Crippen LogP contribution is -2.43. The quantitative estimate of drug-likeness (QED) is 0.777. The second-order valence-corrected chi connectivity index (χ2v) is 6.62. The summed E-state index contributed by atoms with van der Waals surface area (Å²) in [5.74, 6) is -1.70. The number of carbonyl (C=O) groups is 1. The maximum absolute atomic E-state index is 14.1. The Morgan fingerprint density at radius 3 is 2.40 bits per heavy atom. The van der Waals surface area contributed by atoms with Gasteiger partial charge in [0.2, 0.25) is 15.9 Å². The number of amides is 1. The molecule has 0 saturated heterocycles. The molecule has 0 aromatic heterocycles. The van der Waals surface area contributed by atoms with E-state index < -0.39 is 39.2 Å². The molecule has 6 nitrogen and oxygen atoms in total. The Labute approximate surface area is 117 Å². The first kappa shape index (κ1) is 16.4. The minimum atomic E-state index is -4.19. The molecule has 1 aromatic carbocycles. The Balaban J connectivity index is 3.45. The standard InChI is InChI=1S/C12H18FN3O3S/c1-7(2)16(6-11(15)17)20(18,19)10-5-9(14)4-8(3)12(10)13/h4-5,7H,6,14H2,1-3H3,(H2,15,17). The van der Waals surface area contributed by atoms with Gasteiger partial charge in [-0.1, -0.05) is 0 Å². The number of aryl methyl sites for hydroxylation is 1. The van der Waals surface area contributed by atoms with Crippen molar-refractivity contribution in [3.05, 3.63) is 23.5 Å². The molecule has 1 amide bonds. The SMILES string of the molecule is Cc1cc(N)cc(S(=O)(=O)N(CC(N)=O)C(C)C)c1F. The van der Waals surface area contributed by atoms with E-state index in [1.807, 2.05) is 0 Å². The van der Waals surface area contributed by atoms with Gasteiger partial charge in [0.25, 0.3) is 0 Å². The minimum absolute atomic E-state index is 0.117. The van der Waals surface area contributed by atoms with Gasteiger partial charge in [0.05, 0.1) is 6.54 Å². The van der Waals surface area contributed by atoms with Crippen molar-refractivity contribution in [1.82, 2.24) is 4.31 Å². The molecule has 0 unspecified atom stereocenters. The summed E-state index contributed by atoms with van der Waals surface area (Å²) in [6.07, 6.45) is 0. The van der Waals surface area contributed by atoms with E-state index in [9.17, 15) is 17.6 Å². The lowest BCUT2D eigenvalue weighted by atomic mass is 10.2. The van der Waals surface area contributed by atoms with Crippen LogP contribution in [0.5, 0.6) is 0 Å². The van der Waals surface area contributed by atoms with Gasteiger partial charge in [-0.15, -0.1) is 0 Å². The molecule has 0 bridgehead atoms. The predicted octanol–water partition coefficient (Wildman–Crippen LogP) is 0.601. The summed E-state index contributed by atoms with van der Waals surface area (Å²) in [6.45, 7) is 4.03. The van der Waals surface area contributed by atoms with Gasteiger partial charge in [0.15, 0.2) is 0 Å². The van der Waals surface area contributed by atoms with Crippen LogP contribution in [0, 0.1) is 12.7 Å². The Bertz CT molecular complexity index is 629. The van der Waals surface area contributed by atoms with Crippen molar-refractivity contribution in [3.63, 3.8) is 0 Å². The first-order chi connectivity index (χ1) is 9.07. The maximum Gasteiger partial charge on any atom is 0.246 e. The van der Waals surface area contributed by atoms with Gasteiger partial charge in [-0.25, -0.2) is 12.8 Å². The van der Waals surface area contributed by atoms with Crippen LogP contribution >= 0.6 is 0 Å². The van der Waals surface area contributed by atoms with Gasteiger partial charge < -0.3 is 11.5 Å². The third-order valence-electron chi connectivity index (χ3n) is 2.72. The number of halogens is 1. The number of nitrogens with two attached hydrogens (primary N) is 2. The molecule has 0 aliphatic carbocycles. The van der Waals surface area contributed by atoms with Gasteiger partial charge in [-0.3, -0.25) is 4.79 Å². The molecular formula is C12H18FN3O3S. The van der Waals surface area contributed by atoms with Gasteiger partial charge in [-0.2, -0.15) is 4.31 Å².